The number of ether oxygens (including phenoxy) is 5. The fourth-order valence-electron chi connectivity index (χ4n) is 5.21. The van der Waals surface area contributed by atoms with Gasteiger partial charge in [-0.3, -0.25) is 0 Å². The van der Waals surface area contributed by atoms with Gasteiger partial charge in [0.25, 0.3) is 0 Å². The third-order valence-corrected chi connectivity index (χ3v) is 6.98. The van der Waals surface area contributed by atoms with Crippen LogP contribution in [-0.2, 0) is 28.5 Å². The monoisotopic (exact) mass is 453 g/mol. The number of hydrogen-bond donors (Lipinski definition) is 1. The molecule has 0 bridgehead atoms. The molecule has 0 aromatic carbocycles. The van der Waals surface area contributed by atoms with Crippen molar-refractivity contribution in [2.24, 2.45) is 11.8 Å². The van der Waals surface area contributed by atoms with Gasteiger partial charge in [0, 0.05) is 7.11 Å². The lowest BCUT2D eigenvalue weighted by Crippen LogP contribution is -2.56. The third-order valence-electron chi connectivity index (χ3n) is 6.98. The lowest BCUT2D eigenvalue weighted by atomic mass is 9.68. The molecule has 0 radical (unpaired) electrons. The Morgan fingerprint density at radius 1 is 1.25 bits per heavy atom. The van der Waals surface area contributed by atoms with E-state index < -0.39 is 29.8 Å². The molecule has 2 heterocycles. The van der Waals surface area contributed by atoms with Gasteiger partial charge in [0.15, 0.2) is 0 Å². The highest BCUT2D eigenvalue weighted by Gasteiger charge is 2.72. The summed E-state index contributed by atoms with van der Waals surface area (Å²) in [7, 11) is 2.95. The number of allylic oxidation sites excluding steroid dienone is 1. The molecule has 2 saturated heterocycles. The van der Waals surface area contributed by atoms with Crippen LogP contribution in [0.4, 0.5) is 4.79 Å². The van der Waals surface area contributed by atoms with E-state index in [1.807, 2.05) is 13.8 Å². The normalized spacial score (nSPS) is 36.4. The molecule has 7 atom stereocenters. The quantitative estimate of drug-likeness (QED) is 0.325. The molecular formula is C24H39NO7. The molecule has 1 spiro atoms. The fraction of sp³-hybridized carbons (Fsp3) is 0.833. The van der Waals surface area contributed by atoms with Crippen molar-refractivity contribution in [3.05, 3.63) is 11.6 Å². The number of hydrogen-bond acceptors (Lipinski definition) is 7. The summed E-state index contributed by atoms with van der Waals surface area (Å²) in [6.07, 6.45) is 3.53. The smallest absolute Gasteiger partial charge is 0.408 e. The maximum absolute atomic E-state index is 12.7. The molecular weight excluding hydrogens is 414 g/mol. The van der Waals surface area contributed by atoms with Gasteiger partial charge in [-0.1, -0.05) is 25.5 Å². The van der Waals surface area contributed by atoms with E-state index in [4.69, 9.17) is 23.7 Å². The first-order valence-corrected chi connectivity index (χ1v) is 11.6. The predicted molar refractivity (Wildman–Crippen MR) is 118 cm³/mol. The van der Waals surface area contributed by atoms with E-state index in [-0.39, 0.29) is 29.6 Å². The average molecular weight is 454 g/mol. The summed E-state index contributed by atoms with van der Waals surface area (Å²) in [5.74, 6) is -0.317. The second kappa shape index (κ2) is 9.69. The highest BCUT2D eigenvalue weighted by Crippen LogP contribution is 2.59. The summed E-state index contributed by atoms with van der Waals surface area (Å²) in [6, 6.07) is -0.747. The summed E-state index contributed by atoms with van der Waals surface area (Å²) in [5, 5.41) is 2.68. The highest BCUT2D eigenvalue weighted by molar-refractivity contribution is 5.81. The van der Waals surface area contributed by atoms with Crippen LogP contribution >= 0.6 is 0 Å². The van der Waals surface area contributed by atoms with Gasteiger partial charge in [0.2, 0.25) is 0 Å². The first-order valence-electron chi connectivity index (χ1n) is 11.6. The summed E-state index contributed by atoms with van der Waals surface area (Å²) in [4.78, 5) is 24.8. The number of rotatable bonds is 9. The van der Waals surface area contributed by atoms with Crippen LogP contribution in [0.3, 0.4) is 0 Å². The van der Waals surface area contributed by atoms with Crippen LogP contribution in [0.5, 0.6) is 0 Å². The van der Waals surface area contributed by atoms with Crippen molar-refractivity contribution in [1.29, 1.82) is 0 Å². The molecule has 182 valence electrons. The Balaban J connectivity index is 1.69. The Labute approximate surface area is 191 Å². The van der Waals surface area contributed by atoms with Crippen LogP contribution in [0.1, 0.15) is 60.3 Å². The zero-order valence-corrected chi connectivity index (χ0v) is 20.4. The minimum atomic E-state index is -0.747. The van der Waals surface area contributed by atoms with Gasteiger partial charge >= 0.3 is 12.1 Å². The van der Waals surface area contributed by atoms with E-state index in [2.05, 4.69) is 32.2 Å². The van der Waals surface area contributed by atoms with Crippen LogP contribution in [0, 0.1) is 11.8 Å². The van der Waals surface area contributed by atoms with E-state index in [9.17, 15) is 9.59 Å². The van der Waals surface area contributed by atoms with E-state index in [0.717, 1.165) is 12.8 Å². The minimum absolute atomic E-state index is 0.0471. The zero-order valence-electron chi connectivity index (χ0n) is 20.4. The van der Waals surface area contributed by atoms with E-state index >= 15 is 0 Å². The zero-order chi connectivity index (χ0) is 23.7. The molecule has 1 N–H and O–H groups in total. The number of methoxy groups -OCH3 is 2. The Bertz CT molecular complexity index is 728. The average Bonchev–Trinajstić information content (AvgIpc) is 3.63. The number of alkyl carbamates (subject to hydrolysis) is 1. The molecule has 3 rings (SSSR count). The molecule has 32 heavy (non-hydrogen) atoms. The molecule has 8 heteroatoms. The summed E-state index contributed by atoms with van der Waals surface area (Å²) in [6.45, 7) is 10.9. The van der Waals surface area contributed by atoms with Crippen molar-refractivity contribution in [2.45, 2.75) is 95.9 Å². The lowest BCUT2D eigenvalue weighted by molar-refractivity contribution is -0.143. The third kappa shape index (κ3) is 5.29. The van der Waals surface area contributed by atoms with Crippen molar-refractivity contribution < 1.29 is 33.3 Å². The molecule has 1 saturated carbocycles. The van der Waals surface area contributed by atoms with Crippen LogP contribution < -0.4 is 5.32 Å². The number of nitrogens with one attached hydrogen (secondary N) is 1. The van der Waals surface area contributed by atoms with Gasteiger partial charge in [-0.05, 0) is 52.4 Å². The highest BCUT2D eigenvalue weighted by atomic mass is 16.6. The van der Waals surface area contributed by atoms with Crippen LogP contribution in [0.25, 0.3) is 0 Å². The Hall–Kier alpha value is -1.64. The van der Waals surface area contributed by atoms with E-state index in [1.54, 1.807) is 7.11 Å². The van der Waals surface area contributed by atoms with Crippen molar-refractivity contribution in [3.8, 4) is 0 Å². The fourth-order valence-corrected chi connectivity index (χ4v) is 5.21. The van der Waals surface area contributed by atoms with Crippen molar-refractivity contribution in [1.82, 2.24) is 5.32 Å². The first kappa shape index (κ1) is 25.0. The predicted octanol–water partition coefficient (Wildman–Crippen LogP) is 3.38. The van der Waals surface area contributed by atoms with Gasteiger partial charge in [0.05, 0.1) is 25.7 Å². The number of carbonyl (C=O) groups is 2. The SMILES string of the molecule is COC(=O)[C@@H](CC(C)C)NC(=O)O[C@@H]1CC[C@]2(CO2)[C@@H]([C@]2(C)O[C@@H]2CC=C(C)C)[C@@H]1OC. The van der Waals surface area contributed by atoms with Gasteiger partial charge in [0.1, 0.15) is 29.5 Å². The lowest BCUT2D eigenvalue weighted by Gasteiger charge is -2.42. The van der Waals surface area contributed by atoms with Gasteiger partial charge < -0.3 is 29.0 Å². The summed E-state index contributed by atoms with van der Waals surface area (Å²) < 4.78 is 28.7. The second-order valence-electron chi connectivity index (χ2n) is 10.2. The molecule has 2 aliphatic heterocycles. The summed E-state index contributed by atoms with van der Waals surface area (Å²) >= 11 is 0. The van der Waals surface area contributed by atoms with Gasteiger partial charge in [-0.15, -0.1) is 0 Å². The molecule has 3 aliphatic rings. The maximum atomic E-state index is 12.7. The van der Waals surface area contributed by atoms with Gasteiger partial charge in [-0.25, -0.2) is 9.59 Å². The van der Waals surface area contributed by atoms with Crippen molar-refractivity contribution >= 4 is 12.1 Å². The van der Waals surface area contributed by atoms with E-state index in [1.165, 1.54) is 12.7 Å². The minimum Gasteiger partial charge on any atom is -0.467 e. The number of amides is 1. The molecule has 0 aromatic heterocycles. The van der Waals surface area contributed by atoms with E-state index in [0.29, 0.717) is 19.4 Å². The Morgan fingerprint density at radius 2 is 1.94 bits per heavy atom. The van der Waals surface area contributed by atoms with Crippen molar-refractivity contribution in [2.75, 3.05) is 20.8 Å². The van der Waals surface area contributed by atoms with Gasteiger partial charge in [-0.2, -0.15) is 0 Å². The standard InChI is InChI=1S/C24H39NO7/c1-14(2)8-9-18-23(5,32-18)20-19(28-6)17(10-11-24(20)13-30-24)31-22(27)25-16(12-15(3)4)21(26)29-7/h8,15-20H,9-13H2,1-7H3,(H,25,27)/t16-,17-,18-,19-,20-,23-,24+/m1/s1. The summed E-state index contributed by atoms with van der Waals surface area (Å²) in [5.41, 5.74) is 0.581. The first-order chi connectivity index (χ1) is 15.1. The van der Waals surface area contributed by atoms with Crippen LogP contribution in [0.15, 0.2) is 11.6 Å². The topological polar surface area (TPSA) is 98.9 Å². The van der Waals surface area contributed by atoms with Crippen LogP contribution in [-0.4, -0.2) is 68.4 Å². The molecule has 1 aliphatic carbocycles. The van der Waals surface area contributed by atoms with Crippen LogP contribution in [0.2, 0.25) is 0 Å². The molecule has 0 aromatic rings. The second-order valence-corrected chi connectivity index (χ2v) is 10.2. The molecule has 8 nitrogen and oxygen atoms in total. The number of carbonyl (C=O) groups excluding carboxylic acids is 2. The number of esters is 1. The molecule has 3 fully saturated rings. The largest absolute Gasteiger partial charge is 0.467 e. The van der Waals surface area contributed by atoms with Crippen molar-refractivity contribution in [3.63, 3.8) is 0 Å². The maximum Gasteiger partial charge on any atom is 0.408 e. The molecule has 1 amide bonds. The number of epoxide rings is 2. The molecule has 0 unspecified atom stereocenters. The Morgan fingerprint density at radius 3 is 2.47 bits per heavy atom. The Kier molecular flexibility index (Phi) is 7.57.